The molecule has 0 N–H and O–H groups in total. The van der Waals surface area contributed by atoms with Crippen LogP contribution in [0.2, 0.25) is 0 Å². The fourth-order valence-electron chi connectivity index (χ4n) is 2.26. The number of imidazole rings is 1. The minimum Gasteiger partial charge on any atom is -0.332 e. The Balaban J connectivity index is 1.83. The van der Waals surface area contributed by atoms with Gasteiger partial charge in [0.1, 0.15) is 5.82 Å². The van der Waals surface area contributed by atoms with Crippen molar-refractivity contribution in [3.8, 4) is 0 Å². The maximum absolute atomic E-state index is 12.5. The Kier molecular flexibility index (Phi) is 3.14. The predicted octanol–water partition coefficient (Wildman–Crippen LogP) is 2.61. The number of hydrogen-bond acceptors (Lipinski definition) is 2. The highest BCUT2D eigenvalue weighted by atomic mass is 79.9. The number of nitrogens with zero attached hydrogens (tertiary/aromatic N) is 3. The lowest BCUT2D eigenvalue weighted by molar-refractivity contribution is 0.0707. The van der Waals surface area contributed by atoms with Gasteiger partial charge in [-0.25, -0.2) is 4.98 Å². The molecule has 2 aromatic rings. The SMILES string of the molecule is Cc1ccc(C(=O)N2CCn3ccnc3C2)cc1Br. The molecule has 0 unspecified atom stereocenters. The molecule has 0 radical (unpaired) electrons. The molecule has 1 aliphatic rings. The fourth-order valence-corrected chi connectivity index (χ4v) is 2.63. The zero-order valence-electron chi connectivity index (χ0n) is 10.6. The number of aryl methyl sites for hydroxylation is 1. The molecule has 0 fully saturated rings. The Hall–Kier alpha value is -1.62. The van der Waals surface area contributed by atoms with Crippen molar-refractivity contribution in [1.29, 1.82) is 0 Å². The second-order valence-corrected chi connectivity index (χ2v) is 5.58. The van der Waals surface area contributed by atoms with E-state index in [4.69, 9.17) is 0 Å². The van der Waals surface area contributed by atoms with E-state index in [1.165, 1.54) is 0 Å². The molecular formula is C14H14BrN3O. The van der Waals surface area contributed by atoms with Gasteiger partial charge < -0.3 is 9.47 Å². The molecule has 0 bridgehead atoms. The van der Waals surface area contributed by atoms with Crippen molar-refractivity contribution in [1.82, 2.24) is 14.5 Å². The van der Waals surface area contributed by atoms with Crippen molar-refractivity contribution in [2.24, 2.45) is 0 Å². The van der Waals surface area contributed by atoms with E-state index in [2.05, 4.69) is 25.5 Å². The maximum atomic E-state index is 12.5. The summed E-state index contributed by atoms with van der Waals surface area (Å²) < 4.78 is 3.06. The summed E-state index contributed by atoms with van der Waals surface area (Å²) >= 11 is 3.47. The van der Waals surface area contributed by atoms with Crippen molar-refractivity contribution in [3.63, 3.8) is 0 Å². The van der Waals surface area contributed by atoms with Gasteiger partial charge in [-0.15, -0.1) is 0 Å². The molecule has 0 spiro atoms. The van der Waals surface area contributed by atoms with Crippen LogP contribution in [-0.4, -0.2) is 26.9 Å². The standard InChI is InChI=1S/C14H14BrN3O/c1-10-2-3-11(8-12(10)15)14(19)18-7-6-17-5-4-16-13(17)9-18/h2-5,8H,6-7,9H2,1H3. The second kappa shape index (κ2) is 4.81. The molecule has 4 nitrogen and oxygen atoms in total. The first kappa shape index (κ1) is 12.4. The first-order chi connectivity index (χ1) is 9.15. The first-order valence-corrected chi connectivity index (χ1v) is 7.00. The van der Waals surface area contributed by atoms with Crippen LogP contribution in [0.5, 0.6) is 0 Å². The van der Waals surface area contributed by atoms with Crippen LogP contribution in [0.4, 0.5) is 0 Å². The molecule has 0 saturated carbocycles. The zero-order chi connectivity index (χ0) is 13.4. The third kappa shape index (κ3) is 2.30. The van der Waals surface area contributed by atoms with Crippen molar-refractivity contribution < 1.29 is 4.79 Å². The van der Waals surface area contributed by atoms with Gasteiger partial charge >= 0.3 is 0 Å². The van der Waals surface area contributed by atoms with Gasteiger partial charge in [0.2, 0.25) is 0 Å². The highest BCUT2D eigenvalue weighted by Gasteiger charge is 2.22. The summed E-state index contributed by atoms with van der Waals surface area (Å²) in [7, 11) is 0. The number of carbonyl (C=O) groups excluding carboxylic acids is 1. The topological polar surface area (TPSA) is 38.1 Å². The molecule has 1 aromatic carbocycles. The van der Waals surface area contributed by atoms with Gasteiger partial charge in [-0.3, -0.25) is 4.79 Å². The Morgan fingerprint density at radius 2 is 2.21 bits per heavy atom. The number of carbonyl (C=O) groups is 1. The molecule has 19 heavy (non-hydrogen) atoms. The summed E-state index contributed by atoms with van der Waals surface area (Å²) in [5.74, 6) is 1.01. The van der Waals surface area contributed by atoms with Crippen LogP contribution < -0.4 is 0 Å². The smallest absolute Gasteiger partial charge is 0.254 e. The monoisotopic (exact) mass is 319 g/mol. The molecule has 2 heterocycles. The van der Waals surface area contributed by atoms with Gasteiger partial charge in [0.25, 0.3) is 5.91 Å². The zero-order valence-corrected chi connectivity index (χ0v) is 12.2. The number of rotatable bonds is 1. The number of fused-ring (bicyclic) bond motifs is 1. The predicted molar refractivity (Wildman–Crippen MR) is 75.8 cm³/mol. The molecule has 3 rings (SSSR count). The van der Waals surface area contributed by atoms with Gasteiger partial charge in [0.15, 0.2) is 0 Å². The van der Waals surface area contributed by atoms with Gasteiger partial charge in [-0.2, -0.15) is 0 Å². The quantitative estimate of drug-likeness (QED) is 0.810. The molecule has 0 atom stereocenters. The van der Waals surface area contributed by atoms with Gasteiger partial charge in [0.05, 0.1) is 6.54 Å². The van der Waals surface area contributed by atoms with Crippen LogP contribution in [0.25, 0.3) is 0 Å². The second-order valence-electron chi connectivity index (χ2n) is 4.73. The van der Waals surface area contributed by atoms with Crippen molar-refractivity contribution in [2.45, 2.75) is 20.0 Å². The van der Waals surface area contributed by atoms with E-state index in [0.717, 1.165) is 34.5 Å². The molecule has 0 saturated heterocycles. The molecule has 1 amide bonds. The van der Waals surface area contributed by atoms with Crippen LogP contribution in [0.1, 0.15) is 21.7 Å². The van der Waals surface area contributed by atoms with Crippen LogP contribution in [0.15, 0.2) is 35.1 Å². The lowest BCUT2D eigenvalue weighted by atomic mass is 10.1. The number of benzene rings is 1. The Labute approximate surface area is 120 Å². The van der Waals surface area contributed by atoms with Crippen molar-refractivity contribution in [3.05, 3.63) is 52.0 Å². The molecular weight excluding hydrogens is 306 g/mol. The third-order valence-corrected chi connectivity index (χ3v) is 4.31. The summed E-state index contributed by atoms with van der Waals surface area (Å²) in [6, 6.07) is 5.73. The lowest BCUT2D eigenvalue weighted by Gasteiger charge is -2.27. The van der Waals surface area contributed by atoms with Gasteiger partial charge in [0, 0.05) is 35.5 Å². The van der Waals surface area contributed by atoms with Crippen molar-refractivity contribution in [2.75, 3.05) is 6.54 Å². The van der Waals surface area contributed by atoms with Crippen molar-refractivity contribution >= 4 is 21.8 Å². The van der Waals surface area contributed by atoms with E-state index in [1.807, 2.05) is 36.2 Å². The number of halogens is 1. The van der Waals surface area contributed by atoms with E-state index in [9.17, 15) is 4.79 Å². The van der Waals surface area contributed by atoms with Crippen LogP contribution in [0, 0.1) is 6.92 Å². The van der Waals surface area contributed by atoms with Gasteiger partial charge in [-0.1, -0.05) is 22.0 Å². The van der Waals surface area contributed by atoms with Crippen LogP contribution in [0.3, 0.4) is 0 Å². The molecule has 98 valence electrons. The Morgan fingerprint density at radius 1 is 1.37 bits per heavy atom. The summed E-state index contributed by atoms with van der Waals surface area (Å²) in [4.78, 5) is 18.6. The van der Waals surface area contributed by atoms with E-state index in [1.54, 1.807) is 6.20 Å². The summed E-state index contributed by atoms with van der Waals surface area (Å²) in [6.07, 6.45) is 3.74. The highest BCUT2D eigenvalue weighted by molar-refractivity contribution is 9.10. The Morgan fingerprint density at radius 3 is 3.00 bits per heavy atom. The molecule has 5 heteroatoms. The molecule has 1 aliphatic heterocycles. The summed E-state index contributed by atoms with van der Waals surface area (Å²) in [5.41, 5.74) is 1.85. The third-order valence-electron chi connectivity index (χ3n) is 3.45. The summed E-state index contributed by atoms with van der Waals surface area (Å²) in [5, 5.41) is 0. The van der Waals surface area contributed by atoms with Crippen LogP contribution >= 0.6 is 15.9 Å². The molecule has 0 aliphatic carbocycles. The van der Waals surface area contributed by atoms with Crippen LogP contribution in [-0.2, 0) is 13.1 Å². The fraction of sp³-hybridized carbons (Fsp3) is 0.286. The minimum absolute atomic E-state index is 0.0648. The number of hydrogen-bond donors (Lipinski definition) is 0. The van der Waals surface area contributed by atoms with E-state index >= 15 is 0 Å². The highest BCUT2D eigenvalue weighted by Crippen LogP contribution is 2.20. The average molecular weight is 320 g/mol. The first-order valence-electron chi connectivity index (χ1n) is 6.20. The van der Waals surface area contributed by atoms with E-state index < -0.39 is 0 Å². The van der Waals surface area contributed by atoms with Gasteiger partial charge in [-0.05, 0) is 24.6 Å². The molecule has 1 aromatic heterocycles. The summed E-state index contributed by atoms with van der Waals surface area (Å²) in [6.45, 7) is 4.13. The minimum atomic E-state index is 0.0648. The normalized spacial score (nSPS) is 14.3. The number of amides is 1. The lowest BCUT2D eigenvalue weighted by Crippen LogP contribution is -2.38. The van der Waals surface area contributed by atoms with E-state index in [-0.39, 0.29) is 5.91 Å². The van der Waals surface area contributed by atoms with E-state index in [0.29, 0.717) is 6.54 Å². The average Bonchev–Trinajstić information content (AvgIpc) is 2.88. The number of aromatic nitrogens is 2. The Bertz CT molecular complexity index is 635. The maximum Gasteiger partial charge on any atom is 0.254 e. The largest absolute Gasteiger partial charge is 0.332 e.